The van der Waals surface area contributed by atoms with Crippen LogP contribution >= 0.6 is 11.8 Å². The molecule has 3 heteroatoms. The van der Waals surface area contributed by atoms with Crippen LogP contribution in [-0.4, -0.2) is 16.8 Å². The standard InChI is InChI=1S/C12H16O2S/c1-9-5-10(2)7-11(6-9)8-15-4-3-12(13)14/h5-7H,3-4,8H2,1-2H3,(H,13,14). The summed E-state index contributed by atoms with van der Waals surface area (Å²) in [4.78, 5) is 10.3. The van der Waals surface area contributed by atoms with Crippen molar-refractivity contribution in [3.63, 3.8) is 0 Å². The van der Waals surface area contributed by atoms with Crippen LogP contribution in [0.5, 0.6) is 0 Å². The van der Waals surface area contributed by atoms with Gasteiger partial charge in [0.2, 0.25) is 0 Å². The fourth-order valence-electron chi connectivity index (χ4n) is 1.50. The first-order valence-corrected chi connectivity index (χ1v) is 6.10. The van der Waals surface area contributed by atoms with Crippen LogP contribution in [0.15, 0.2) is 18.2 Å². The van der Waals surface area contributed by atoms with E-state index < -0.39 is 5.97 Å². The number of thioether (sulfide) groups is 1. The van der Waals surface area contributed by atoms with Gasteiger partial charge in [-0.3, -0.25) is 4.79 Å². The first-order valence-electron chi connectivity index (χ1n) is 4.94. The average Bonchev–Trinajstić information content (AvgIpc) is 2.10. The first-order chi connectivity index (χ1) is 7.08. The highest BCUT2D eigenvalue weighted by molar-refractivity contribution is 7.98. The number of aliphatic carboxylic acids is 1. The monoisotopic (exact) mass is 224 g/mol. The maximum Gasteiger partial charge on any atom is 0.304 e. The molecule has 0 amide bonds. The highest BCUT2D eigenvalue weighted by Gasteiger charge is 1.99. The van der Waals surface area contributed by atoms with Crippen LogP contribution in [0, 0.1) is 13.8 Å². The lowest BCUT2D eigenvalue weighted by atomic mass is 10.1. The maximum atomic E-state index is 10.3. The van der Waals surface area contributed by atoms with Gasteiger partial charge in [0.1, 0.15) is 0 Å². The largest absolute Gasteiger partial charge is 0.481 e. The summed E-state index contributed by atoms with van der Waals surface area (Å²) < 4.78 is 0. The number of rotatable bonds is 5. The molecule has 0 radical (unpaired) electrons. The van der Waals surface area contributed by atoms with Gasteiger partial charge in [-0.15, -0.1) is 0 Å². The second-order valence-electron chi connectivity index (χ2n) is 3.69. The van der Waals surface area contributed by atoms with Crippen molar-refractivity contribution >= 4 is 17.7 Å². The van der Waals surface area contributed by atoms with Gasteiger partial charge in [-0.1, -0.05) is 29.3 Å². The average molecular weight is 224 g/mol. The van der Waals surface area contributed by atoms with Crippen molar-refractivity contribution < 1.29 is 9.90 Å². The molecule has 0 atom stereocenters. The molecule has 0 aliphatic rings. The molecule has 1 N–H and O–H groups in total. The molecule has 0 aliphatic carbocycles. The van der Waals surface area contributed by atoms with E-state index in [1.807, 2.05) is 0 Å². The number of benzene rings is 1. The SMILES string of the molecule is Cc1cc(C)cc(CSCCC(=O)O)c1. The molecule has 0 saturated heterocycles. The van der Waals surface area contributed by atoms with E-state index in [9.17, 15) is 4.79 Å². The number of hydrogen-bond acceptors (Lipinski definition) is 2. The molecule has 1 aromatic rings. The lowest BCUT2D eigenvalue weighted by Gasteiger charge is -2.04. The van der Waals surface area contributed by atoms with Crippen molar-refractivity contribution in [2.45, 2.75) is 26.0 Å². The predicted octanol–water partition coefficient (Wildman–Crippen LogP) is 3.01. The van der Waals surface area contributed by atoms with E-state index in [2.05, 4.69) is 32.0 Å². The van der Waals surface area contributed by atoms with E-state index in [-0.39, 0.29) is 6.42 Å². The van der Waals surface area contributed by atoms with E-state index in [1.165, 1.54) is 16.7 Å². The van der Waals surface area contributed by atoms with Gasteiger partial charge >= 0.3 is 5.97 Å². The second-order valence-corrected chi connectivity index (χ2v) is 4.80. The van der Waals surface area contributed by atoms with Gasteiger partial charge in [-0.05, 0) is 19.4 Å². The smallest absolute Gasteiger partial charge is 0.304 e. The quantitative estimate of drug-likeness (QED) is 0.781. The molecule has 1 rings (SSSR count). The Labute approximate surface area is 94.7 Å². The van der Waals surface area contributed by atoms with Gasteiger partial charge in [0, 0.05) is 11.5 Å². The van der Waals surface area contributed by atoms with E-state index >= 15 is 0 Å². The third-order valence-electron chi connectivity index (χ3n) is 2.01. The minimum absolute atomic E-state index is 0.246. The van der Waals surface area contributed by atoms with E-state index in [1.54, 1.807) is 11.8 Å². The summed E-state index contributed by atoms with van der Waals surface area (Å²) in [5, 5.41) is 8.49. The second kappa shape index (κ2) is 5.81. The summed E-state index contributed by atoms with van der Waals surface area (Å²) in [5.41, 5.74) is 3.82. The molecule has 1 aromatic carbocycles. The number of carbonyl (C=O) groups is 1. The van der Waals surface area contributed by atoms with Crippen molar-refractivity contribution in [3.8, 4) is 0 Å². The number of carboxylic acid groups (broad SMARTS) is 1. The molecule has 0 aliphatic heterocycles. The van der Waals surface area contributed by atoms with Crippen LogP contribution in [0.3, 0.4) is 0 Å². The molecule has 0 saturated carbocycles. The molecular formula is C12H16O2S. The van der Waals surface area contributed by atoms with Crippen molar-refractivity contribution in [3.05, 3.63) is 34.9 Å². The Morgan fingerprint density at radius 1 is 1.27 bits per heavy atom. The van der Waals surface area contributed by atoms with Gasteiger partial charge < -0.3 is 5.11 Å². The molecule has 0 aromatic heterocycles. The third kappa shape index (κ3) is 4.88. The van der Waals surface area contributed by atoms with Crippen LogP contribution < -0.4 is 0 Å². The zero-order valence-electron chi connectivity index (χ0n) is 9.12. The van der Waals surface area contributed by atoms with Crippen molar-refractivity contribution in [1.82, 2.24) is 0 Å². The number of aryl methyl sites for hydroxylation is 2. The van der Waals surface area contributed by atoms with Gasteiger partial charge in [-0.25, -0.2) is 0 Å². The zero-order valence-corrected chi connectivity index (χ0v) is 9.93. The van der Waals surface area contributed by atoms with Gasteiger partial charge in [0.15, 0.2) is 0 Å². The highest BCUT2D eigenvalue weighted by atomic mass is 32.2. The number of carboxylic acids is 1. The lowest BCUT2D eigenvalue weighted by molar-refractivity contribution is -0.136. The van der Waals surface area contributed by atoms with E-state index in [0.717, 1.165) is 5.75 Å². The van der Waals surface area contributed by atoms with Crippen molar-refractivity contribution in [1.29, 1.82) is 0 Å². The predicted molar refractivity (Wildman–Crippen MR) is 64.3 cm³/mol. The molecule has 15 heavy (non-hydrogen) atoms. The Balaban J connectivity index is 2.40. The van der Waals surface area contributed by atoms with Crippen LogP contribution in [0.1, 0.15) is 23.1 Å². The zero-order chi connectivity index (χ0) is 11.3. The number of hydrogen-bond donors (Lipinski definition) is 1. The normalized spacial score (nSPS) is 10.3. The molecule has 0 spiro atoms. The Kier molecular flexibility index (Phi) is 4.69. The van der Waals surface area contributed by atoms with Crippen LogP contribution in [0.4, 0.5) is 0 Å². The fraction of sp³-hybridized carbons (Fsp3) is 0.417. The Morgan fingerprint density at radius 2 is 1.87 bits per heavy atom. The van der Waals surface area contributed by atoms with Crippen molar-refractivity contribution in [2.75, 3.05) is 5.75 Å². The summed E-state index contributed by atoms with van der Waals surface area (Å²) in [6.07, 6.45) is 0.246. The molecular weight excluding hydrogens is 208 g/mol. The van der Waals surface area contributed by atoms with Crippen molar-refractivity contribution in [2.24, 2.45) is 0 Å². The Morgan fingerprint density at radius 3 is 2.40 bits per heavy atom. The van der Waals surface area contributed by atoms with E-state index in [4.69, 9.17) is 5.11 Å². The van der Waals surface area contributed by atoms with E-state index in [0.29, 0.717) is 5.75 Å². The molecule has 0 bridgehead atoms. The fourth-order valence-corrected chi connectivity index (χ4v) is 2.37. The van der Waals surface area contributed by atoms with Crippen LogP contribution in [0.25, 0.3) is 0 Å². The molecule has 82 valence electrons. The molecule has 0 unspecified atom stereocenters. The third-order valence-corrected chi connectivity index (χ3v) is 3.04. The lowest BCUT2D eigenvalue weighted by Crippen LogP contribution is -1.96. The summed E-state index contributed by atoms with van der Waals surface area (Å²) in [6, 6.07) is 6.45. The Hall–Kier alpha value is -0.960. The minimum atomic E-state index is -0.720. The maximum absolute atomic E-state index is 10.3. The Bertz CT molecular complexity index is 327. The summed E-state index contributed by atoms with van der Waals surface area (Å²) >= 11 is 1.67. The van der Waals surface area contributed by atoms with Gasteiger partial charge in [-0.2, -0.15) is 11.8 Å². The molecule has 2 nitrogen and oxygen atoms in total. The van der Waals surface area contributed by atoms with Gasteiger partial charge in [0.25, 0.3) is 0 Å². The molecule has 0 fully saturated rings. The first kappa shape index (κ1) is 12.1. The minimum Gasteiger partial charge on any atom is -0.481 e. The molecule has 0 heterocycles. The summed E-state index contributed by atoms with van der Waals surface area (Å²) in [7, 11) is 0. The van der Waals surface area contributed by atoms with Crippen LogP contribution in [0.2, 0.25) is 0 Å². The highest BCUT2D eigenvalue weighted by Crippen LogP contribution is 2.16. The summed E-state index contributed by atoms with van der Waals surface area (Å²) in [5.74, 6) is 0.862. The summed E-state index contributed by atoms with van der Waals surface area (Å²) in [6.45, 7) is 4.16. The van der Waals surface area contributed by atoms with Gasteiger partial charge in [0.05, 0.1) is 6.42 Å². The van der Waals surface area contributed by atoms with Crippen LogP contribution in [-0.2, 0) is 10.5 Å². The topological polar surface area (TPSA) is 37.3 Å².